The molecular formula is C47H32N2. The van der Waals surface area contributed by atoms with Gasteiger partial charge >= 0.3 is 0 Å². The summed E-state index contributed by atoms with van der Waals surface area (Å²) in [6.45, 7) is 0. The molecule has 2 aliphatic carbocycles. The standard InChI is InChI=1S/C47H32N2/c1-2-15-34(16-3-1)48-35-17-12-18-36(30-35)49(37-26-25-32-13-4-5-14-33(32)29-37)38-27-28-42-41-21-8-11-24-45(41)47(46(42)31-38)43-22-9-6-19-39(43)40-20-7-10-23-44(40)47/h1-31,48H. The predicted molar refractivity (Wildman–Crippen MR) is 205 cm³/mol. The van der Waals surface area contributed by atoms with Crippen LogP contribution in [-0.4, -0.2) is 0 Å². The third-order valence-electron chi connectivity index (χ3n) is 10.4. The Hall–Kier alpha value is -6.38. The Labute approximate surface area is 286 Å². The van der Waals surface area contributed by atoms with Gasteiger partial charge in [0.25, 0.3) is 0 Å². The van der Waals surface area contributed by atoms with E-state index < -0.39 is 5.41 Å². The van der Waals surface area contributed by atoms with Gasteiger partial charge in [0.05, 0.1) is 5.41 Å². The van der Waals surface area contributed by atoms with Gasteiger partial charge in [-0.15, -0.1) is 0 Å². The first-order valence-corrected chi connectivity index (χ1v) is 16.9. The van der Waals surface area contributed by atoms with E-state index in [0.717, 1.165) is 28.4 Å². The summed E-state index contributed by atoms with van der Waals surface area (Å²) in [5.74, 6) is 0. The smallest absolute Gasteiger partial charge is 0.0726 e. The number of rotatable bonds is 5. The normalized spacial score (nSPS) is 13.1. The largest absolute Gasteiger partial charge is 0.355 e. The quantitative estimate of drug-likeness (QED) is 0.205. The minimum absolute atomic E-state index is 0.402. The predicted octanol–water partition coefficient (Wildman–Crippen LogP) is 12.4. The van der Waals surface area contributed by atoms with Crippen molar-refractivity contribution in [3.63, 3.8) is 0 Å². The van der Waals surface area contributed by atoms with Gasteiger partial charge in [-0.2, -0.15) is 0 Å². The van der Waals surface area contributed by atoms with Crippen molar-refractivity contribution in [1.29, 1.82) is 0 Å². The zero-order valence-corrected chi connectivity index (χ0v) is 26.8. The number of benzene rings is 8. The molecule has 8 aromatic carbocycles. The Morgan fingerprint density at radius 1 is 0.327 bits per heavy atom. The monoisotopic (exact) mass is 624 g/mol. The number of nitrogens with zero attached hydrogens (tertiary/aromatic N) is 1. The highest BCUT2D eigenvalue weighted by Crippen LogP contribution is 2.63. The van der Waals surface area contributed by atoms with Crippen molar-refractivity contribution in [3.8, 4) is 22.3 Å². The summed E-state index contributed by atoms with van der Waals surface area (Å²) in [5, 5.41) is 6.07. The van der Waals surface area contributed by atoms with Gasteiger partial charge in [0.2, 0.25) is 0 Å². The maximum atomic E-state index is 3.62. The van der Waals surface area contributed by atoms with Crippen LogP contribution in [0.3, 0.4) is 0 Å². The highest BCUT2D eigenvalue weighted by atomic mass is 15.1. The molecule has 0 atom stereocenters. The van der Waals surface area contributed by atoms with Crippen LogP contribution in [0.15, 0.2) is 188 Å². The summed E-state index contributed by atoms with van der Waals surface area (Å²) in [4.78, 5) is 2.41. The van der Waals surface area contributed by atoms with Gasteiger partial charge in [-0.3, -0.25) is 0 Å². The second-order valence-electron chi connectivity index (χ2n) is 13.0. The molecule has 2 nitrogen and oxygen atoms in total. The van der Waals surface area contributed by atoms with Crippen molar-refractivity contribution in [2.75, 3.05) is 10.2 Å². The van der Waals surface area contributed by atoms with Crippen molar-refractivity contribution < 1.29 is 0 Å². The molecule has 0 saturated heterocycles. The molecule has 0 aromatic heterocycles. The highest BCUT2D eigenvalue weighted by Gasteiger charge is 2.51. The molecule has 0 unspecified atom stereocenters. The Morgan fingerprint density at radius 2 is 0.837 bits per heavy atom. The molecule has 0 radical (unpaired) electrons. The number of para-hydroxylation sites is 1. The second-order valence-corrected chi connectivity index (χ2v) is 13.0. The number of anilines is 5. The van der Waals surface area contributed by atoms with Gasteiger partial charge in [0, 0.05) is 28.4 Å². The lowest BCUT2D eigenvalue weighted by molar-refractivity contribution is 0.793. The van der Waals surface area contributed by atoms with Crippen LogP contribution >= 0.6 is 0 Å². The first-order chi connectivity index (χ1) is 24.3. The molecular weight excluding hydrogens is 593 g/mol. The number of hydrogen-bond donors (Lipinski definition) is 1. The Balaban J connectivity index is 1.22. The van der Waals surface area contributed by atoms with Crippen LogP contribution in [0.25, 0.3) is 33.0 Å². The van der Waals surface area contributed by atoms with Crippen LogP contribution in [-0.2, 0) is 5.41 Å². The summed E-state index contributed by atoms with van der Waals surface area (Å²) in [6, 6.07) is 68.6. The van der Waals surface area contributed by atoms with E-state index in [1.54, 1.807) is 0 Å². The topological polar surface area (TPSA) is 15.3 Å². The first kappa shape index (κ1) is 27.7. The molecule has 0 saturated carbocycles. The van der Waals surface area contributed by atoms with E-state index in [9.17, 15) is 0 Å². The molecule has 10 rings (SSSR count). The van der Waals surface area contributed by atoms with Crippen molar-refractivity contribution >= 4 is 39.2 Å². The molecule has 230 valence electrons. The Kier molecular flexibility index (Phi) is 6.13. The molecule has 0 fully saturated rings. The summed E-state index contributed by atoms with van der Waals surface area (Å²) in [7, 11) is 0. The molecule has 0 aliphatic heterocycles. The van der Waals surface area contributed by atoms with E-state index in [0.29, 0.717) is 0 Å². The summed E-state index contributed by atoms with van der Waals surface area (Å²) in [6.07, 6.45) is 0. The van der Waals surface area contributed by atoms with E-state index in [-0.39, 0.29) is 0 Å². The second kappa shape index (κ2) is 10.8. The minimum atomic E-state index is -0.402. The third-order valence-corrected chi connectivity index (χ3v) is 10.4. The van der Waals surface area contributed by atoms with Crippen LogP contribution in [0.5, 0.6) is 0 Å². The fourth-order valence-corrected chi connectivity index (χ4v) is 8.40. The number of nitrogens with one attached hydrogen (secondary N) is 1. The first-order valence-electron chi connectivity index (χ1n) is 16.9. The highest BCUT2D eigenvalue weighted by molar-refractivity contribution is 5.97. The van der Waals surface area contributed by atoms with Crippen LogP contribution < -0.4 is 10.2 Å². The molecule has 1 spiro atoms. The van der Waals surface area contributed by atoms with Crippen LogP contribution in [0.4, 0.5) is 28.4 Å². The molecule has 2 heteroatoms. The van der Waals surface area contributed by atoms with Crippen molar-refractivity contribution in [2.45, 2.75) is 5.41 Å². The van der Waals surface area contributed by atoms with Gasteiger partial charge in [-0.05, 0) is 110 Å². The average Bonchev–Trinajstić information content (AvgIpc) is 3.63. The molecule has 1 N–H and O–H groups in total. The fraction of sp³-hybridized carbons (Fsp3) is 0.0213. The lowest BCUT2D eigenvalue weighted by Gasteiger charge is -2.32. The van der Waals surface area contributed by atoms with Gasteiger partial charge in [0.15, 0.2) is 0 Å². The Morgan fingerprint density at radius 3 is 1.53 bits per heavy atom. The van der Waals surface area contributed by atoms with Crippen LogP contribution in [0.2, 0.25) is 0 Å². The van der Waals surface area contributed by atoms with Crippen LogP contribution in [0, 0.1) is 0 Å². The number of fused-ring (bicyclic) bond motifs is 11. The summed E-state index contributed by atoms with van der Waals surface area (Å²) < 4.78 is 0. The lowest BCUT2D eigenvalue weighted by Crippen LogP contribution is -2.26. The van der Waals surface area contributed by atoms with E-state index in [4.69, 9.17) is 0 Å². The molecule has 8 aromatic rings. The SMILES string of the molecule is c1ccc(Nc2cccc(N(c3ccc4c(c3)C3(c5ccccc5-c5ccccc53)c3ccccc3-4)c3ccc4ccccc4c3)c2)cc1. The summed E-state index contributed by atoms with van der Waals surface area (Å²) >= 11 is 0. The molecule has 0 heterocycles. The molecule has 0 amide bonds. The van der Waals surface area contributed by atoms with E-state index in [1.165, 1.54) is 55.3 Å². The zero-order chi connectivity index (χ0) is 32.4. The van der Waals surface area contributed by atoms with E-state index >= 15 is 0 Å². The Bertz CT molecular complexity index is 2480. The van der Waals surface area contributed by atoms with Gasteiger partial charge in [0.1, 0.15) is 0 Å². The van der Waals surface area contributed by atoms with E-state index in [2.05, 4.69) is 192 Å². The summed E-state index contributed by atoms with van der Waals surface area (Å²) in [5.41, 5.74) is 15.7. The molecule has 49 heavy (non-hydrogen) atoms. The minimum Gasteiger partial charge on any atom is -0.355 e. The van der Waals surface area contributed by atoms with E-state index in [1.807, 2.05) is 6.07 Å². The maximum absolute atomic E-state index is 3.62. The third kappa shape index (κ3) is 4.14. The molecule has 0 bridgehead atoms. The van der Waals surface area contributed by atoms with Crippen molar-refractivity contribution in [3.05, 3.63) is 210 Å². The maximum Gasteiger partial charge on any atom is 0.0726 e. The van der Waals surface area contributed by atoms with Crippen LogP contribution in [0.1, 0.15) is 22.3 Å². The van der Waals surface area contributed by atoms with Gasteiger partial charge < -0.3 is 10.2 Å². The number of hydrogen-bond acceptors (Lipinski definition) is 2. The lowest BCUT2D eigenvalue weighted by atomic mass is 9.70. The van der Waals surface area contributed by atoms with Crippen molar-refractivity contribution in [1.82, 2.24) is 0 Å². The zero-order valence-electron chi connectivity index (χ0n) is 26.8. The molecule has 2 aliphatic rings. The van der Waals surface area contributed by atoms with Gasteiger partial charge in [-0.25, -0.2) is 0 Å². The van der Waals surface area contributed by atoms with Crippen molar-refractivity contribution in [2.24, 2.45) is 0 Å². The van der Waals surface area contributed by atoms with Gasteiger partial charge in [-0.1, -0.05) is 133 Å². The average molecular weight is 625 g/mol. The fourth-order valence-electron chi connectivity index (χ4n) is 8.40.